The van der Waals surface area contributed by atoms with Crippen LogP contribution in [0.5, 0.6) is 0 Å². The largest absolute Gasteiger partial charge is 0.416 e. The highest BCUT2D eigenvalue weighted by atomic mass is 35.5. The third kappa shape index (κ3) is 5.00. The molecule has 8 heteroatoms. The molecular weight excluding hydrogens is 393 g/mol. The Kier molecular flexibility index (Phi) is 6.19. The summed E-state index contributed by atoms with van der Waals surface area (Å²) in [6.07, 6.45) is 0.554. The van der Waals surface area contributed by atoms with Crippen molar-refractivity contribution in [2.45, 2.75) is 18.6 Å². The summed E-state index contributed by atoms with van der Waals surface area (Å²) >= 11 is 13.1. The zero-order valence-electron chi connectivity index (χ0n) is 13.8. The predicted molar refractivity (Wildman–Crippen MR) is 104 cm³/mol. The molecule has 26 heavy (non-hydrogen) atoms. The van der Waals surface area contributed by atoms with E-state index in [-0.39, 0.29) is 11.7 Å². The van der Waals surface area contributed by atoms with E-state index in [4.69, 9.17) is 27.6 Å². The summed E-state index contributed by atoms with van der Waals surface area (Å²) in [6, 6.07) is 13.2. The number of anilines is 1. The van der Waals surface area contributed by atoms with Gasteiger partial charge < -0.3 is 9.73 Å². The van der Waals surface area contributed by atoms with E-state index in [0.29, 0.717) is 33.3 Å². The minimum Gasteiger partial charge on any atom is -0.416 e. The van der Waals surface area contributed by atoms with Crippen molar-refractivity contribution in [3.05, 3.63) is 69.5 Å². The van der Waals surface area contributed by atoms with Crippen LogP contribution in [0.2, 0.25) is 10.0 Å². The van der Waals surface area contributed by atoms with Crippen LogP contribution < -0.4 is 5.32 Å². The molecule has 1 heterocycles. The van der Waals surface area contributed by atoms with E-state index >= 15 is 0 Å². The number of amides is 1. The van der Waals surface area contributed by atoms with Gasteiger partial charge in [0.25, 0.3) is 5.22 Å². The molecule has 0 aliphatic heterocycles. The highest BCUT2D eigenvalue weighted by Gasteiger charge is 2.12. The van der Waals surface area contributed by atoms with E-state index in [1.165, 1.54) is 5.56 Å². The molecule has 0 spiro atoms. The Morgan fingerprint density at radius 3 is 2.69 bits per heavy atom. The molecule has 0 saturated heterocycles. The number of hydrogen-bond acceptors (Lipinski definition) is 5. The number of halogens is 2. The molecule has 3 rings (SSSR count). The number of rotatable bonds is 6. The highest BCUT2D eigenvalue weighted by Crippen LogP contribution is 2.29. The maximum absolute atomic E-state index is 12.1. The lowest BCUT2D eigenvalue weighted by molar-refractivity contribution is -0.113. The topological polar surface area (TPSA) is 68.0 Å². The Balaban J connectivity index is 1.53. The molecule has 0 saturated carbocycles. The third-order valence-electron chi connectivity index (χ3n) is 3.48. The summed E-state index contributed by atoms with van der Waals surface area (Å²) in [7, 11) is 0. The first-order valence-electron chi connectivity index (χ1n) is 7.76. The Labute approximate surface area is 165 Å². The predicted octanol–water partition coefficient (Wildman–Crippen LogP) is 5.01. The van der Waals surface area contributed by atoms with Gasteiger partial charge in [-0.3, -0.25) is 4.79 Å². The molecule has 0 atom stereocenters. The number of thioether (sulfide) groups is 1. The molecule has 1 amide bonds. The molecule has 134 valence electrons. The van der Waals surface area contributed by atoms with Gasteiger partial charge in [-0.2, -0.15) is 0 Å². The van der Waals surface area contributed by atoms with Gasteiger partial charge >= 0.3 is 0 Å². The van der Waals surface area contributed by atoms with Crippen LogP contribution in [0.15, 0.2) is 52.1 Å². The fourth-order valence-corrected chi connectivity index (χ4v) is 3.09. The maximum atomic E-state index is 12.1. The summed E-state index contributed by atoms with van der Waals surface area (Å²) in [5.41, 5.74) is 2.75. The fraction of sp³-hybridized carbons (Fsp3) is 0.167. The molecular formula is C18H15Cl2N3O2S. The second-order valence-corrected chi connectivity index (χ2v) is 7.27. The lowest BCUT2D eigenvalue weighted by atomic mass is 10.1. The van der Waals surface area contributed by atoms with Crippen molar-refractivity contribution < 1.29 is 9.21 Å². The standard InChI is InChI=1S/C18H15Cl2N3O2S/c1-11-5-7-12(8-6-11)9-16-22-23-18(25-16)26-10-15(24)21-14-4-2-3-13(19)17(14)20/h2-8H,9-10H2,1H3,(H,21,24). The second kappa shape index (κ2) is 8.58. The first-order valence-corrected chi connectivity index (χ1v) is 9.50. The van der Waals surface area contributed by atoms with Crippen LogP contribution in [0, 0.1) is 6.92 Å². The molecule has 0 unspecified atom stereocenters. The number of benzene rings is 2. The summed E-state index contributed by atoms with van der Waals surface area (Å²) in [5.74, 6) is 0.391. The molecule has 0 aliphatic rings. The van der Waals surface area contributed by atoms with Crippen LogP contribution in [0.25, 0.3) is 0 Å². The molecule has 3 aromatic rings. The van der Waals surface area contributed by atoms with E-state index in [0.717, 1.165) is 17.3 Å². The summed E-state index contributed by atoms with van der Waals surface area (Å²) in [6.45, 7) is 2.03. The lowest BCUT2D eigenvalue weighted by Crippen LogP contribution is -2.14. The van der Waals surface area contributed by atoms with Crippen molar-refractivity contribution in [1.29, 1.82) is 0 Å². The average molecular weight is 408 g/mol. The van der Waals surface area contributed by atoms with Gasteiger partial charge in [-0.05, 0) is 24.6 Å². The first-order chi connectivity index (χ1) is 12.5. The van der Waals surface area contributed by atoms with Crippen molar-refractivity contribution in [3.63, 3.8) is 0 Å². The van der Waals surface area contributed by atoms with Gasteiger partial charge in [-0.1, -0.05) is 70.9 Å². The molecule has 0 aliphatic carbocycles. The van der Waals surface area contributed by atoms with E-state index in [1.807, 2.05) is 31.2 Å². The van der Waals surface area contributed by atoms with Gasteiger partial charge in [-0.15, -0.1) is 10.2 Å². The highest BCUT2D eigenvalue weighted by molar-refractivity contribution is 7.99. The number of aryl methyl sites for hydroxylation is 1. The average Bonchev–Trinajstić information content (AvgIpc) is 3.07. The normalized spacial score (nSPS) is 10.7. The minimum absolute atomic E-state index is 0.120. The zero-order valence-corrected chi connectivity index (χ0v) is 16.2. The Bertz CT molecular complexity index is 913. The molecule has 2 aromatic carbocycles. The number of nitrogens with one attached hydrogen (secondary N) is 1. The summed E-state index contributed by atoms with van der Waals surface area (Å²) in [4.78, 5) is 12.1. The van der Waals surface area contributed by atoms with Crippen molar-refractivity contribution >= 4 is 46.6 Å². The molecule has 1 aromatic heterocycles. The maximum Gasteiger partial charge on any atom is 0.277 e. The van der Waals surface area contributed by atoms with Gasteiger partial charge in [0.1, 0.15) is 0 Å². The Hall–Kier alpha value is -2.02. The number of carbonyl (C=O) groups excluding carboxylic acids is 1. The minimum atomic E-state index is -0.238. The van der Waals surface area contributed by atoms with Crippen LogP contribution in [0.4, 0.5) is 5.69 Å². The number of carbonyl (C=O) groups is 1. The molecule has 1 N–H and O–H groups in total. The van der Waals surface area contributed by atoms with Gasteiger partial charge in [0.05, 0.1) is 27.9 Å². The van der Waals surface area contributed by atoms with E-state index < -0.39 is 0 Å². The number of nitrogens with zero attached hydrogens (tertiary/aromatic N) is 2. The fourth-order valence-electron chi connectivity index (χ4n) is 2.16. The van der Waals surface area contributed by atoms with Crippen LogP contribution in [0.1, 0.15) is 17.0 Å². The van der Waals surface area contributed by atoms with E-state index in [9.17, 15) is 4.79 Å². The van der Waals surface area contributed by atoms with Crippen molar-refractivity contribution in [1.82, 2.24) is 10.2 Å². The third-order valence-corrected chi connectivity index (χ3v) is 5.11. The van der Waals surface area contributed by atoms with E-state index in [2.05, 4.69) is 15.5 Å². The summed E-state index contributed by atoms with van der Waals surface area (Å²) < 4.78 is 5.57. The van der Waals surface area contributed by atoms with Crippen molar-refractivity contribution in [2.24, 2.45) is 0 Å². The Morgan fingerprint density at radius 2 is 1.92 bits per heavy atom. The van der Waals surface area contributed by atoms with Gasteiger partial charge in [0.15, 0.2) is 0 Å². The molecule has 0 fully saturated rings. The van der Waals surface area contributed by atoms with Crippen molar-refractivity contribution in [2.75, 3.05) is 11.1 Å². The van der Waals surface area contributed by atoms with Crippen LogP contribution in [-0.4, -0.2) is 21.9 Å². The summed E-state index contributed by atoms with van der Waals surface area (Å²) in [5, 5.41) is 11.7. The zero-order chi connectivity index (χ0) is 18.5. The smallest absolute Gasteiger partial charge is 0.277 e. The SMILES string of the molecule is Cc1ccc(Cc2nnc(SCC(=O)Nc3cccc(Cl)c3Cl)o2)cc1. The monoisotopic (exact) mass is 407 g/mol. The lowest BCUT2D eigenvalue weighted by Gasteiger charge is -2.07. The van der Waals surface area contributed by atoms with Gasteiger partial charge in [-0.25, -0.2) is 0 Å². The quantitative estimate of drug-likeness (QED) is 0.581. The number of aromatic nitrogens is 2. The molecule has 0 radical (unpaired) electrons. The van der Waals surface area contributed by atoms with Crippen LogP contribution in [-0.2, 0) is 11.2 Å². The van der Waals surface area contributed by atoms with Crippen molar-refractivity contribution in [3.8, 4) is 0 Å². The second-order valence-electron chi connectivity index (χ2n) is 5.56. The molecule has 0 bridgehead atoms. The van der Waals surface area contributed by atoms with Crippen LogP contribution >= 0.6 is 35.0 Å². The number of hydrogen-bond donors (Lipinski definition) is 1. The van der Waals surface area contributed by atoms with Gasteiger partial charge in [0, 0.05) is 0 Å². The van der Waals surface area contributed by atoms with E-state index in [1.54, 1.807) is 18.2 Å². The first kappa shape index (κ1) is 18.8. The van der Waals surface area contributed by atoms with Crippen LogP contribution in [0.3, 0.4) is 0 Å². The molecule has 5 nitrogen and oxygen atoms in total. The van der Waals surface area contributed by atoms with Gasteiger partial charge in [0.2, 0.25) is 11.8 Å². The Morgan fingerprint density at radius 1 is 1.15 bits per heavy atom.